The van der Waals surface area contributed by atoms with Crippen molar-refractivity contribution < 1.29 is 14.3 Å². The number of nitrogens with one attached hydrogen (secondary N) is 1. The molecule has 0 atom stereocenters. The van der Waals surface area contributed by atoms with Crippen LogP contribution >= 0.6 is 23.1 Å². The average Bonchev–Trinajstić information content (AvgIpc) is 3.19. The first kappa shape index (κ1) is 20.1. The van der Waals surface area contributed by atoms with Crippen LogP contribution < -0.4 is 5.32 Å². The first-order valence-electron chi connectivity index (χ1n) is 8.98. The van der Waals surface area contributed by atoms with Gasteiger partial charge in [0.2, 0.25) is 0 Å². The Morgan fingerprint density at radius 3 is 2.53 bits per heavy atom. The van der Waals surface area contributed by atoms with Gasteiger partial charge in [0.05, 0.1) is 5.69 Å². The van der Waals surface area contributed by atoms with E-state index in [1.165, 1.54) is 35.2 Å². The molecule has 4 aromatic rings. The number of anilines is 1. The summed E-state index contributed by atoms with van der Waals surface area (Å²) in [5.74, 6) is 0.499. The van der Waals surface area contributed by atoms with Crippen LogP contribution in [0.15, 0.2) is 77.8 Å². The lowest BCUT2D eigenvalue weighted by molar-refractivity contribution is 0.102. The number of amides is 1. The number of rotatable bonds is 6. The zero-order valence-electron chi connectivity index (χ0n) is 15.6. The maximum Gasteiger partial charge on any atom is 0.268 e. The van der Waals surface area contributed by atoms with Crippen LogP contribution in [0.5, 0.6) is 5.75 Å². The molecule has 0 fully saturated rings. The van der Waals surface area contributed by atoms with Crippen molar-refractivity contribution in [1.29, 1.82) is 0 Å². The molecule has 2 aromatic carbocycles. The number of benzene rings is 2. The van der Waals surface area contributed by atoms with Gasteiger partial charge in [0.25, 0.3) is 5.91 Å². The molecule has 4 rings (SSSR count). The number of hydrogen-bond donors (Lipinski definition) is 2. The molecule has 0 aliphatic rings. The number of thiazole rings is 1. The van der Waals surface area contributed by atoms with Gasteiger partial charge in [-0.1, -0.05) is 6.07 Å². The van der Waals surface area contributed by atoms with E-state index in [1.807, 2.05) is 0 Å². The molecular formula is C22H16FN3O2S2. The third-order valence-electron chi connectivity index (χ3n) is 4.11. The van der Waals surface area contributed by atoms with Crippen molar-refractivity contribution in [3.63, 3.8) is 0 Å². The zero-order chi connectivity index (χ0) is 20.9. The van der Waals surface area contributed by atoms with Gasteiger partial charge in [-0.3, -0.25) is 4.79 Å². The molecule has 0 spiro atoms. The first-order chi connectivity index (χ1) is 14.6. The number of phenolic OH excluding ortho intramolecular Hbond substituents is 1. The second kappa shape index (κ2) is 9.06. The van der Waals surface area contributed by atoms with E-state index < -0.39 is 0 Å². The molecule has 0 bridgehead atoms. The Labute approximate surface area is 180 Å². The van der Waals surface area contributed by atoms with Crippen LogP contribution in [-0.2, 0) is 5.75 Å². The smallest absolute Gasteiger partial charge is 0.268 e. The molecule has 0 aliphatic carbocycles. The van der Waals surface area contributed by atoms with Crippen molar-refractivity contribution in [3.05, 3.63) is 89.3 Å². The van der Waals surface area contributed by atoms with E-state index >= 15 is 0 Å². The highest BCUT2D eigenvalue weighted by Gasteiger charge is 2.20. The molecule has 1 amide bonds. The van der Waals surface area contributed by atoms with Gasteiger partial charge in [-0.25, -0.2) is 14.4 Å². The normalized spacial score (nSPS) is 10.7. The van der Waals surface area contributed by atoms with E-state index in [2.05, 4.69) is 15.3 Å². The molecule has 0 saturated heterocycles. The minimum atomic E-state index is -0.327. The molecule has 2 aromatic heterocycles. The lowest BCUT2D eigenvalue weighted by Crippen LogP contribution is -2.13. The topological polar surface area (TPSA) is 75.1 Å². The van der Waals surface area contributed by atoms with Crippen molar-refractivity contribution in [2.75, 3.05) is 5.32 Å². The van der Waals surface area contributed by atoms with Crippen molar-refractivity contribution in [2.45, 2.75) is 10.6 Å². The number of carbonyl (C=O) groups excluding carboxylic acids is 1. The van der Waals surface area contributed by atoms with E-state index in [1.54, 1.807) is 60.8 Å². The van der Waals surface area contributed by atoms with Gasteiger partial charge < -0.3 is 10.4 Å². The highest BCUT2D eigenvalue weighted by molar-refractivity contribution is 7.98. The fourth-order valence-corrected chi connectivity index (χ4v) is 4.56. The average molecular weight is 438 g/mol. The Bertz CT molecular complexity index is 1150. The van der Waals surface area contributed by atoms with Crippen molar-refractivity contribution in [3.8, 4) is 16.3 Å². The molecule has 0 radical (unpaired) electrons. The fraction of sp³-hybridized carbons (Fsp3) is 0.0455. The van der Waals surface area contributed by atoms with Gasteiger partial charge in [-0.05, 0) is 60.7 Å². The van der Waals surface area contributed by atoms with Gasteiger partial charge in [0.15, 0.2) is 0 Å². The van der Waals surface area contributed by atoms with Gasteiger partial charge >= 0.3 is 0 Å². The highest BCUT2D eigenvalue weighted by atomic mass is 32.2. The summed E-state index contributed by atoms with van der Waals surface area (Å²) >= 11 is 2.77. The Kier molecular flexibility index (Phi) is 6.06. The molecule has 2 heterocycles. The van der Waals surface area contributed by atoms with Crippen LogP contribution in [0, 0.1) is 5.82 Å². The summed E-state index contributed by atoms with van der Waals surface area (Å²) in [6, 6.07) is 18.1. The summed E-state index contributed by atoms with van der Waals surface area (Å²) in [5.41, 5.74) is 1.38. The fourth-order valence-electron chi connectivity index (χ4n) is 2.65. The standard InChI is InChI=1S/C22H16FN3O2S2/c23-15-6-4-14(5-7-15)22-25-18(13-29-17-10-8-16(27)9-11-17)20(30-22)21(28)26-19-3-1-2-12-24-19/h1-12,27H,13H2,(H,24,26,28). The molecule has 5 nitrogen and oxygen atoms in total. The van der Waals surface area contributed by atoms with Crippen LogP contribution in [-0.4, -0.2) is 21.0 Å². The van der Waals surface area contributed by atoms with Crippen LogP contribution in [0.25, 0.3) is 10.6 Å². The SMILES string of the molecule is O=C(Nc1ccccn1)c1sc(-c2ccc(F)cc2)nc1CSc1ccc(O)cc1. The molecule has 150 valence electrons. The number of hydrogen-bond acceptors (Lipinski definition) is 6. The lowest BCUT2D eigenvalue weighted by atomic mass is 10.2. The lowest BCUT2D eigenvalue weighted by Gasteiger charge is -2.04. The zero-order valence-corrected chi connectivity index (χ0v) is 17.2. The third kappa shape index (κ3) is 4.84. The first-order valence-corrected chi connectivity index (χ1v) is 10.8. The molecule has 0 unspecified atom stereocenters. The van der Waals surface area contributed by atoms with Crippen molar-refractivity contribution in [2.24, 2.45) is 0 Å². The minimum absolute atomic E-state index is 0.196. The molecular weight excluding hydrogens is 421 g/mol. The monoisotopic (exact) mass is 437 g/mol. The number of nitrogens with zero attached hydrogens (tertiary/aromatic N) is 2. The van der Waals surface area contributed by atoms with Crippen LogP contribution in [0.4, 0.5) is 10.2 Å². The van der Waals surface area contributed by atoms with Crippen LogP contribution in [0.3, 0.4) is 0 Å². The van der Waals surface area contributed by atoms with Gasteiger partial charge in [-0.15, -0.1) is 23.1 Å². The Morgan fingerprint density at radius 1 is 1.07 bits per heavy atom. The molecule has 0 saturated carbocycles. The van der Waals surface area contributed by atoms with Crippen molar-refractivity contribution in [1.82, 2.24) is 9.97 Å². The third-order valence-corrected chi connectivity index (χ3v) is 6.28. The summed E-state index contributed by atoms with van der Waals surface area (Å²) in [4.78, 5) is 23.1. The number of aromatic nitrogens is 2. The van der Waals surface area contributed by atoms with E-state index in [0.29, 0.717) is 27.1 Å². The number of thioether (sulfide) groups is 1. The molecule has 0 aliphatic heterocycles. The quantitative estimate of drug-likeness (QED) is 0.384. The number of halogens is 1. The van der Waals surface area contributed by atoms with E-state index in [4.69, 9.17) is 0 Å². The predicted molar refractivity (Wildman–Crippen MR) is 117 cm³/mol. The summed E-state index contributed by atoms with van der Waals surface area (Å²) in [7, 11) is 0. The van der Waals surface area contributed by atoms with Gasteiger partial charge in [-0.2, -0.15) is 0 Å². The number of aromatic hydroxyl groups is 1. The van der Waals surface area contributed by atoms with Gasteiger partial charge in [0, 0.05) is 22.4 Å². The van der Waals surface area contributed by atoms with Gasteiger partial charge in [0.1, 0.15) is 27.3 Å². The van der Waals surface area contributed by atoms with E-state index in [9.17, 15) is 14.3 Å². The number of pyridine rings is 1. The predicted octanol–water partition coefficient (Wildman–Crippen LogP) is 5.59. The Morgan fingerprint density at radius 2 is 1.83 bits per heavy atom. The highest BCUT2D eigenvalue weighted by Crippen LogP contribution is 2.33. The van der Waals surface area contributed by atoms with Crippen LogP contribution in [0.2, 0.25) is 0 Å². The van der Waals surface area contributed by atoms with E-state index in [-0.39, 0.29) is 17.5 Å². The number of phenols is 1. The molecule has 8 heteroatoms. The molecule has 30 heavy (non-hydrogen) atoms. The summed E-state index contributed by atoms with van der Waals surface area (Å²) in [6.45, 7) is 0. The summed E-state index contributed by atoms with van der Waals surface area (Å²) in [5, 5.41) is 12.9. The second-order valence-electron chi connectivity index (χ2n) is 6.25. The summed E-state index contributed by atoms with van der Waals surface area (Å²) < 4.78 is 13.3. The Hall–Kier alpha value is -3.23. The maximum absolute atomic E-state index is 13.3. The maximum atomic E-state index is 13.3. The summed E-state index contributed by atoms with van der Waals surface area (Å²) in [6.07, 6.45) is 1.60. The number of carbonyl (C=O) groups is 1. The minimum Gasteiger partial charge on any atom is -0.508 e. The molecule has 2 N–H and O–H groups in total. The Balaban J connectivity index is 1.62. The van der Waals surface area contributed by atoms with Crippen molar-refractivity contribution >= 4 is 34.8 Å². The van der Waals surface area contributed by atoms with Crippen LogP contribution in [0.1, 0.15) is 15.4 Å². The van der Waals surface area contributed by atoms with E-state index in [0.717, 1.165) is 10.5 Å². The second-order valence-corrected chi connectivity index (χ2v) is 8.30. The largest absolute Gasteiger partial charge is 0.508 e.